The number of hydrogen-bond acceptors (Lipinski definition) is 2. The molecule has 1 amide bonds. The summed E-state index contributed by atoms with van der Waals surface area (Å²) in [7, 11) is 0. The highest BCUT2D eigenvalue weighted by molar-refractivity contribution is 9.10. The van der Waals surface area contributed by atoms with Crippen LogP contribution >= 0.6 is 15.9 Å². The summed E-state index contributed by atoms with van der Waals surface area (Å²) in [6, 6.07) is 8.61. The second kappa shape index (κ2) is 6.94. The molecule has 3 nitrogen and oxygen atoms in total. The van der Waals surface area contributed by atoms with E-state index in [1.165, 1.54) is 12.8 Å². The van der Waals surface area contributed by atoms with Crippen LogP contribution < -0.4 is 5.32 Å². The lowest BCUT2D eigenvalue weighted by molar-refractivity contribution is -0.123. The maximum absolute atomic E-state index is 12.7. The zero-order valence-corrected chi connectivity index (χ0v) is 15.7. The van der Waals surface area contributed by atoms with Gasteiger partial charge in [0, 0.05) is 17.1 Å². The van der Waals surface area contributed by atoms with E-state index < -0.39 is 0 Å². The molecule has 4 heteroatoms. The fraction of sp³-hybridized carbons (Fsp3) is 0.632. The predicted molar refractivity (Wildman–Crippen MR) is 97.5 cm³/mol. The lowest BCUT2D eigenvalue weighted by Crippen LogP contribution is -2.47. The lowest BCUT2D eigenvalue weighted by Gasteiger charge is -2.35. The summed E-state index contributed by atoms with van der Waals surface area (Å²) >= 11 is 3.51. The number of nitrogens with one attached hydrogen (secondary N) is 1. The van der Waals surface area contributed by atoms with Crippen LogP contribution in [0.4, 0.5) is 0 Å². The first-order valence-electron chi connectivity index (χ1n) is 8.80. The Kier molecular flexibility index (Phi) is 5.12. The fourth-order valence-electron chi connectivity index (χ4n) is 3.57. The summed E-state index contributed by atoms with van der Waals surface area (Å²) in [4.78, 5) is 15.2. The molecule has 0 unspecified atom stereocenters. The Hall–Kier alpha value is -0.870. The number of nitrogens with zero attached hydrogens (tertiary/aromatic N) is 1. The van der Waals surface area contributed by atoms with Crippen LogP contribution in [0.1, 0.15) is 45.1 Å². The number of likely N-dealkylation sites (tertiary alicyclic amines) is 1. The number of hydrogen-bond donors (Lipinski definition) is 1. The molecule has 1 saturated heterocycles. The Balaban J connectivity index is 1.55. The molecule has 126 valence electrons. The van der Waals surface area contributed by atoms with E-state index >= 15 is 0 Å². The molecular weight excluding hydrogens is 352 g/mol. The van der Waals surface area contributed by atoms with Crippen LogP contribution in [0.2, 0.25) is 0 Å². The number of benzene rings is 1. The van der Waals surface area contributed by atoms with Crippen molar-refractivity contribution in [2.75, 3.05) is 19.6 Å². The summed E-state index contributed by atoms with van der Waals surface area (Å²) in [5.41, 5.74) is 0.865. The Morgan fingerprint density at radius 3 is 2.70 bits per heavy atom. The predicted octanol–water partition coefficient (Wildman–Crippen LogP) is 3.72. The van der Waals surface area contributed by atoms with Gasteiger partial charge < -0.3 is 5.32 Å². The van der Waals surface area contributed by atoms with E-state index in [0.717, 1.165) is 48.4 Å². The van der Waals surface area contributed by atoms with Crippen molar-refractivity contribution in [1.82, 2.24) is 10.2 Å². The van der Waals surface area contributed by atoms with Gasteiger partial charge in [0.15, 0.2) is 0 Å². The van der Waals surface area contributed by atoms with Gasteiger partial charge in [-0.15, -0.1) is 0 Å². The van der Waals surface area contributed by atoms with E-state index in [4.69, 9.17) is 0 Å². The monoisotopic (exact) mass is 378 g/mol. The molecule has 1 saturated carbocycles. The Morgan fingerprint density at radius 1 is 1.39 bits per heavy atom. The quantitative estimate of drug-likeness (QED) is 0.846. The number of carbonyl (C=O) groups excluding carboxylic acids is 1. The molecule has 0 aromatic heterocycles. The Labute approximate surface area is 148 Å². The molecule has 0 radical (unpaired) electrons. The highest BCUT2D eigenvalue weighted by Crippen LogP contribution is 2.48. The maximum Gasteiger partial charge on any atom is 0.230 e. The number of piperidine rings is 1. The molecule has 0 spiro atoms. The molecule has 23 heavy (non-hydrogen) atoms. The molecule has 2 aliphatic rings. The van der Waals surface area contributed by atoms with E-state index in [2.05, 4.69) is 52.1 Å². The maximum atomic E-state index is 12.7. The average molecular weight is 379 g/mol. The summed E-state index contributed by atoms with van der Waals surface area (Å²) in [5.74, 6) is 1.05. The van der Waals surface area contributed by atoms with Crippen LogP contribution in [0, 0.1) is 5.92 Å². The van der Waals surface area contributed by atoms with Crippen LogP contribution in [-0.2, 0) is 10.2 Å². The van der Waals surface area contributed by atoms with Gasteiger partial charge in [0.25, 0.3) is 0 Å². The minimum atomic E-state index is -0.278. The van der Waals surface area contributed by atoms with Crippen LogP contribution in [0.3, 0.4) is 0 Å². The van der Waals surface area contributed by atoms with Crippen molar-refractivity contribution in [2.24, 2.45) is 5.92 Å². The van der Waals surface area contributed by atoms with Gasteiger partial charge in [0.05, 0.1) is 5.41 Å². The van der Waals surface area contributed by atoms with E-state index in [-0.39, 0.29) is 11.3 Å². The van der Waals surface area contributed by atoms with Gasteiger partial charge in [-0.3, -0.25) is 9.69 Å². The van der Waals surface area contributed by atoms with Gasteiger partial charge in [-0.1, -0.05) is 35.0 Å². The van der Waals surface area contributed by atoms with Crippen molar-refractivity contribution in [3.05, 3.63) is 34.3 Å². The summed E-state index contributed by atoms with van der Waals surface area (Å²) in [5, 5.41) is 3.22. The van der Waals surface area contributed by atoms with Crippen LogP contribution in [0.15, 0.2) is 28.7 Å². The smallest absolute Gasteiger partial charge is 0.230 e. The highest BCUT2D eigenvalue weighted by atomic mass is 79.9. The molecule has 1 atom stereocenters. The number of amides is 1. The lowest BCUT2D eigenvalue weighted by atomic mass is 9.95. The first kappa shape index (κ1) is 17.0. The van der Waals surface area contributed by atoms with Gasteiger partial charge in [-0.25, -0.2) is 0 Å². The fourth-order valence-corrected chi connectivity index (χ4v) is 3.97. The standard InChI is InChI=1S/C19H27BrN2O/c1-14-6-10-22(11-7-14)15(2)13-21-18(23)19(8-9-19)16-4-3-5-17(20)12-16/h3-5,12,14-15H,6-11,13H2,1-2H3,(H,21,23)/t15-/m0/s1. The molecule has 1 aliphatic carbocycles. The minimum absolute atomic E-state index is 0.202. The van der Waals surface area contributed by atoms with Gasteiger partial charge in [0.2, 0.25) is 5.91 Å². The van der Waals surface area contributed by atoms with Crippen molar-refractivity contribution in [3.63, 3.8) is 0 Å². The van der Waals surface area contributed by atoms with Gasteiger partial charge in [0.1, 0.15) is 0 Å². The third kappa shape index (κ3) is 3.80. The van der Waals surface area contributed by atoms with Gasteiger partial charge in [-0.05, 0) is 69.3 Å². The zero-order chi connectivity index (χ0) is 16.4. The SMILES string of the molecule is CC1CCN([C@@H](C)CNC(=O)C2(c3cccc(Br)c3)CC2)CC1. The number of halogens is 1. The van der Waals surface area contributed by atoms with Crippen molar-refractivity contribution < 1.29 is 4.79 Å². The van der Waals surface area contributed by atoms with E-state index in [1.807, 2.05) is 12.1 Å². The van der Waals surface area contributed by atoms with E-state index in [1.54, 1.807) is 0 Å². The Bertz CT molecular complexity index is 562. The summed E-state index contributed by atoms with van der Waals surface area (Å²) in [6.45, 7) is 7.64. The van der Waals surface area contributed by atoms with Gasteiger partial charge >= 0.3 is 0 Å². The number of rotatable bonds is 5. The minimum Gasteiger partial charge on any atom is -0.354 e. The molecule has 1 aromatic rings. The van der Waals surface area contributed by atoms with Crippen molar-refractivity contribution in [3.8, 4) is 0 Å². The summed E-state index contributed by atoms with van der Waals surface area (Å²) in [6.07, 6.45) is 4.48. The van der Waals surface area contributed by atoms with Crippen LogP contribution in [0.25, 0.3) is 0 Å². The molecule has 3 rings (SSSR count). The summed E-state index contributed by atoms with van der Waals surface area (Å²) < 4.78 is 1.05. The van der Waals surface area contributed by atoms with Crippen molar-refractivity contribution in [2.45, 2.75) is 51.0 Å². The zero-order valence-electron chi connectivity index (χ0n) is 14.1. The highest BCUT2D eigenvalue weighted by Gasteiger charge is 2.51. The number of carbonyl (C=O) groups is 1. The van der Waals surface area contributed by atoms with Gasteiger partial charge in [-0.2, -0.15) is 0 Å². The topological polar surface area (TPSA) is 32.3 Å². The normalized spacial score (nSPS) is 22.6. The third-order valence-corrected chi connectivity index (χ3v) is 6.05. The molecular formula is C19H27BrN2O. The van der Waals surface area contributed by atoms with E-state index in [0.29, 0.717) is 6.04 Å². The molecule has 0 bridgehead atoms. The molecule has 1 aromatic carbocycles. The average Bonchev–Trinajstić information content (AvgIpc) is 3.35. The van der Waals surface area contributed by atoms with E-state index in [9.17, 15) is 4.79 Å². The second-order valence-corrected chi connectivity index (χ2v) is 8.29. The molecule has 1 N–H and O–H groups in total. The molecule has 1 aliphatic heterocycles. The first-order valence-corrected chi connectivity index (χ1v) is 9.59. The third-order valence-electron chi connectivity index (χ3n) is 5.56. The van der Waals surface area contributed by atoms with Crippen molar-refractivity contribution in [1.29, 1.82) is 0 Å². The molecule has 2 fully saturated rings. The second-order valence-electron chi connectivity index (χ2n) is 7.37. The van der Waals surface area contributed by atoms with Crippen LogP contribution in [-0.4, -0.2) is 36.5 Å². The molecule has 1 heterocycles. The van der Waals surface area contributed by atoms with Crippen molar-refractivity contribution >= 4 is 21.8 Å². The first-order chi connectivity index (χ1) is 11.0. The Morgan fingerprint density at radius 2 is 2.09 bits per heavy atom. The van der Waals surface area contributed by atoms with Crippen LogP contribution in [0.5, 0.6) is 0 Å². The largest absolute Gasteiger partial charge is 0.354 e.